The summed E-state index contributed by atoms with van der Waals surface area (Å²) in [5, 5.41) is 41.0. The van der Waals surface area contributed by atoms with Crippen LogP contribution < -0.4 is 5.32 Å². The minimum absolute atomic E-state index is 0.0881. The van der Waals surface area contributed by atoms with Crippen LogP contribution >= 0.6 is 0 Å². The molecule has 1 heterocycles. The summed E-state index contributed by atoms with van der Waals surface area (Å²) in [6.07, 6.45) is 8.52. The molecule has 1 aromatic heterocycles. The van der Waals surface area contributed by atoms with Gasteiger partial charge in [-0.15, -0.1) is 0 Å². The number of hydrogen-bond donors (Lipinski definition) is 4. The topological polar surface area (TPSA) is 114 Å². The van der Waals surface area contributed by atoms with Crippen LogP contribution in [-0.4, -0.2) is 50.2 Å². The summed E-state index contributed by atoms with van der Waals surface area (Å²) in [5.74, 6) is 1.01. The lowest BCUT2D eigenvalue weighted by Gasteiger charge is -2.37. The fourth-order valence-electron chi connectivity index (χ4n) is 4.57. The van der Waals surface area contributed by atoms with E-state index in [0.717, 1.165) is 29.5 Å². The van der Waals surface area contributed by atoms with E-state index in [1.807, 2.05) is 24.3 Å². The molecule has 1 aliphatic carbocycles. The number of benzene rings is 2. The highest BCUT2D eigenvalue weighted by molar-refractivity contribution is 5.66. The van der Waals surface area contributed by atoms with Crippen molar-refractivity contribution in [3.63, 3.8) is 0 Å². The number of nitriles is 1. The van der Waals surface area contributed by atoms with Crippen LogP contribution in [0.4, 0.5) is 0 Å². The van der Waals surface area contributed by atoms with Crippen LogP contribution in [-0.2, 0) is 0 Å². The van der Waals surface area contributed by atoms with Crippen molar-refractivity contribution in [1.82, 2.24) is 14.9 Å². The number of rotatable bonds is 10. The Labute approximate surface area is 206 Å². The zero-order chi connectivity index (χ0) is 24.8. The summed E-state index contributed by atoms with van der Waals surface area (Å²) in [6.45, 7) is 1.42. The lowest BCUT2D eigenvalue weighted by Crippen LogP contribution is -2.46. The number of hydrogen-bond acceptors (Lipinski definition) is 6. The maximum absolute atomic E-state index is 9.88. The SMILES string of the molecule is CC(O)c1nccn1C(/C=C/c1ccc(-c2ccc(C3CC(NC(C#N)CO)C3)cc2)cc1)CO. The summed E-state index contributed by atoms with van der Waals surface area (Å²) in [5.41, 5.74) is 4.60. The van der Waals surface area contributed by atoms with E-state index in [9.17, 15) is 10.2 Å². The second-order valence-corrected chi connectivity index (χ2v) is 9.12. The van der Waals surface area contributed by atoms with Gasteiger partial charge in [0.1, 0.15) is 18.0 Å². The van der Waals surface area contributed by atoms with Crippen molar-refractivity contribution in [3.8, 4) is 17.2 Å². The largest absolute Gasteiger partial charge is 0.394 e. The van der Waals surface area contributed by atoms with Gasteiger partial charge in [0.25, 0.3) is 0 Å². The first kappa shape index (κ1) is 24.8. The normalized spacial score (nSPS) is 20.2. The Morgan fingerprint density at radius 1 is 1.09 bits per heavy atom. The first-order valence-corrected chi connectivity index (χ1v) is 12.0. The molecule has 7 nitrogen and oxygen atoms in total. The van der Waals surface area contributed by atoms with Crippen LogP contribution in [0, 0.1) is 11.3 Å². The zero-order valence-electron chi connectivity index (χ0n) is 19.8. The monoisotopic (exact) mass is 472 g/mol. The lowest BCUT2D eigenvalue weighted by atomic mass is 9.75. The van der Waals surface area contributed by atoms with Gasteiger partial charge in [0.2, 0.25) is 0 Å². The molecule has 0 amide bonds. The van der Waals surface area contributed by atoms with Crippen LogP contribution in [0.25, 0.3) is 17.2 Å². The number of aliphatic hydroxyl groups excluding tert-OH is 3. The van der Waals surface area contributed by atoms with Gasteiger partial charge >= 0.3 is 0 Å². The van der Waals surface area contributed by atoms with E-state index < -0.39 is 12.1 Å². The van der Waals surface area contributed by atoms with Gasteiger partial charge in [-0.05, 0) is 47.9 Å². The summed E-state index contributed by atoms with van der Waals surface area (Å²) < 4.78 is 1.78. The third-order valence-corrected chi connectivity index (χ3v) is 6.67. The summed E-state index contributed by atoms with van der Waals surface area (Å²) in [7, 11) is 0. The minimum atomic E-state index is -0.706. The average Bonchev–Trinajstić information content (AvgIpc) is 3.35. The molecule has 0 bridgehead atoms. The summed E-state index contributed by atoms with van der Waals surface area (Å²) in [6, 6.07) is 18.5. The smallest absolute Gasteiger partial charge is 0.137 e. The van der Waals surface area contributed by atoms with Crippen molar-refractivity contribution in [2.24, 2.45) is 0 Å². The molecule has 2 aromatic carbocycles. The van der Waals surface area contributed by atoms with Crippen molar-refractivity contribution < 1.29 is 15.3 Å². The number of nitrogens with zero attached hydrogens (tertiary/aromatic N) is 3. The standard InChI is InChI=1S/C28H32N4O3/c1-19(35)28-30-12-13-32(28)27(18-34)11-4-20-2-5-21(6-3-20)22-7-9-23(10-8-22)24-14-25(15-24)31-26(16-29)17-33/h2-13,19,24-27,31,33-35H,14-15,17-18H2,1H3/b11-4+. The van der Waals surface area contributed by atoms with Crippen molar-refractivity contribution >= 4 is 6.08 Å². The van der Waals surface area contributed by atoms with Gasteiger partial charge < -0.3 is 19.9 Å². The molecule has 182 valence electrons. The van der Waals surface area contributed by atoms with E-state index in [-0.39, 0.29) is 25.3 Å². The van der Waals surface area contributed by atoms with Crippen LogP contribution in [0.15, 0.2) is 67.0 Å². The molecule has 0 saturated heterocycles. The van der Waals surface area contributed by atoms with Gasteiger partial charge in [-0.2, -0.15) is 5.26 Å². The summed E-state index contributed by atoms with van der Waals surface area (Å²) >= 11 is 0. The van der Waals surface area contributed by atoms with Gasteiger partial charge in [0.15, 0.2) is 0 Å². The molecule has 3 aromatic rings. The van der Waals surface area contributed by atoms with Gasteiger partial charge in [0, 0.05) is 18.4 Å². The number of aromatic nitrogens is 2. The van der Waals surface area contributed by atoms with Crippen LogP contribution in [0.3, 0.4) is 0 Å². The second-order valence-electron chi connectivity index (χ2n) is 9.12. The molecule has 3 unspecified atom stereocenters. The Bertz CT molecular complexity index is 1160. The molecule has 0 aliphatic heterocycles. The summed E-state index contributed by atoms with van der Waals surface area (Å²) in [4.78, 5) is 4.18. The van der Waals surface area contributed by atoms with Gasteiger partial charge in [0.05, 0.1) is 25.3 Å². The Morgan fingerprint density at radius 2 is 1.74 bits per heavy atom. The minimum Gasteiger partial charge on any atom is -0.394 e. The first-order valence-electron chi connectivity index (χ1n) is 12.0. The molecule has 35 heavy (non-hydrogen) atoms. The Morgan fingerprint density at radius 3 is 2.31 bits per heavy atom. The maximum Gasteiger partial charge on any atom is 0.137 e. The molecule has 4 rings (SSSR count). The van der Waals surface area contributed by atoms with E-state index >= 15 is 0 Å². The molecule has 0 radical (unpaired) electrons. The van der Waals surface area contributed by atoms with Crippen LogP contribution in [0.5, 0.6) is 0 Å². The van der Waals surface area contributed by atoms with Crippen LogP contribution in [0.1, 0.15) is 54.8 Å². The average molecular weight is 473 g/mol. The molecule has 7 heteroatoms. The highest BCUT2D eigenvalue weighted by Crippen LogP contribution is 2.37. The predicted molar refractivity (Wildman–Crippen MR) is 135 cm³/mol. The molecule has 3 atom stereocenters. The third-order valence-electron chi connectivity index (χ3n) is 6.67. The number of imidazole rings is 1. The van der Waals surface area contributed by atoms with Crippen LogP contribution in [0.2, 0.25) is 0 Å². The highest BCUT2D eigenvalue weighted by atomic mass is 16.3. The Hall–Kier alpha value is -3.28. The number of nitrogens with one attached hydrogen (secondary N) is 1. The van der Waals surface area contributed by atoms with E-state index in [4.69, 9.17) is 10.4 Å². The fourth-order valence-corrected chi connectivity index (χ4v) is 4.57. The Balaban J connectivity index is 1.36. The highest BCUT2D eigenvalue weighted by Gasteiger charge is 2.31. The van der Waals surface area contributed by atoms with Crippen molar-refractivity contribution in [2.45, 2.75) is 49.9 Å². The van der Waals surface area contributed by atoms with Gasteiger partial charge in [-0.25, -0.2) is 4.98 Å². The van der Waals surface area contributed by atoms with E-state index in [0.29, 0.717) is 11.7 Å². The lowest BCUT2D eigenvalue weighted by molar-refractivity contribution is 0.175. The van der Waals surface area contributed by atoms with E-state index in [1.54, 1.807) is 23.9 Å². The van der Waals surface area contributed by atoms with Crippen molar-refractivity contribution in [3.05, 3.63) is 84.0 Å². The first-order chi connectivity index (χ1) is 17.0. The molecule has 1 fully saturated rings. The van der Waals surface area contributed by atoms with Gasteiger partial charge in [-0.3, -0.25) is 5.32 Å². The maximum atomic E-state index is 9.88. The van der Waals surface area contributed by atoms with E-state index in [2.05, 4.69) is 52.8 Å². The van der Waals surface area contributed by atoms with Gasteiger partial charge in [-0.1, -0.05) is 60.7 Å². The van der Waals surface area contributed by atoms with Crippen molar-refractivity contribution in [2.75, 3.05) is 13.2 Å². The third kappa shape index (κ3) is 5.87. The second kappa shape index (κ2) is 11.4. The molecule has 1 aliphatic rings. The Kier molecular flexibility index (Phi) is 8.11. The molecule has 4 N–H and O–H groups in total. The fraction of sp³-hybridized carbons (Fsp3) is 0.357. The molecule has 0 spiro atoms. The number of aliphatic hydroxyl groups is 3. The molecular formula is C28H32N4O3. The molecular weight excluding hydrogens is 440 g/mol. The molecule has 1 saturated carbocycles. The van der Waals surface area contributed by atoms with E-state index in [1.165, 1.54) is 5.56 Å². The van der Waals surface area contributed by atoms with Crippen molar-refractivity contribution in [1.29, 1.82) is 5.26 Å². The predicted octanol–water partition coefficient (Wildman–Crippen LogP) is 3.57. The quantitative estimate of drug-likeness (QED) is 0.359. The zero-order valence-corrected chi connectivity index (χ0v) is 19.8.